The second kappa shape index (κ2) is 34.2. The standard InChI is InChI=1S/C45H80FN17O11/c1-25(58-42(71)37(35(65)20-50)62-39(68)29(51)9-2-4-14-47)38(67)56-22-36(66)59-31(11-6-16-49)43(72)63-23-27(46)18-33(63)41(70)61-32(19-28-21-54-24-57-28)40(69)60-30(10-3-5-15-48)34(64)13-12-26(44(73)74)8-7-17-55-45(52)53/h21,24-27,29-33,35,37,65H,2-20,22-23,47-51H2,1H3,(H,54,57)(H,56,67)(H,58,71)(H,59,66)(H,60,69)(H,61,70)(H,62,68)(H,73,74)(H4,52,53,55)/t25-,26?,27+,29-,30-,31+,32-,33-,35-,37-/m0/s1. The number of nitrogens with one attached hydrogen (secondary N) is 7. The van der Waals surface area contributed by atoms with Crippen LogP contribution in [0.5, 0.6) is 0 Å². The zero-order chi connectivity index (χ0) is 55.3. The van der Waals surface area contributed by atoms with Crippen LogP contribution in [-0.2, 0) is 49.6 Å². The number of aliphatic hydroxyl groups excluding tert-OH is 1. The number of aliphatic imine (C=N–C) groups is 1. The van der Waals surface area contributed by atoms with Gasteiger partial charge in [-0.15, -0.1) is 0 Å². The summed E-state index contributed by atoms with van der Waals surface area (Å²) >= 11 is 0. The largest absolute Gasteiger partial charge is 0.481 e. The van der Waals surface area contributed by atoms with Gasteiger partial charge >= 0.3 is 5.97 Å². The van der Waals surface area contributed by atoms with Gasteiger partial charge in [0.2, 0.25) is 41.4 Å². The summed E-state index contributed by atoms with van der Waals surface area (Å²) in [7, 11) is 0. The molecule has 1 aromatic rings. The first-order chi connectivity index (χ1) is 35.2. The Labute approximate surface area is 429 Å². The molecule has 0 bridgehead atoms. The fourth-order valence-corrected chi connectivity index (χ4v) is 7.96. The summed E-state index contributed by atoms with van der Waals surface area (Å²) in [6.07, 6.45) is 1.73. The van der Waals surface area contributed by atoms with E-state index in [1.165, 1.54) is 19.4 Å². The molecule has 2 heterocycles. The molecule has 1 saturated heterocycles. The van der Waals surface area contributed by atoms with Gasteiger partial charge in [0.15, 0.2) is 11.7 Å². The Balaban J connectivity index is 2.21. The number of Topliss-reactive ketones (excluding diaryl/α,β-unsaturated/α-hetero) is 1. The minimum atomic E-state index is -1.70. The average molecular weight is 1050 g/mol. The number of nitrogens with two attached hydrogens (primary N) is 7. The van der Waals surface area contributed by atoms with Crippen LogP contribution in [0.25, 0.3) is 0 Å². The van der Waals surface area contributed by atoms with Crippen molar-refractivity contribution in [2.45, 2.75) is 151 Å². The number of hydrogen-bond acceptors (Lipinski definition) is 17. The van der Waals surface area contributed by atoms with Crippen LogP contribution in [0.15, 0.2) is 17.5 Å². The van der Waals surface area contributed by atoms with Gasteiger partial charge in [-0.05, 0) is 90.8 Å². The molecular weight excluding hydrogens is 974 g/mol. The minimum Gasteiger partial charge on any atom is -0.481 e. The van der Waals surface area contributed by atoms with E-state index >= 15 is 4.39 Å². The summed E-state index contributed by atoms with van der Waals surface area (Å²) in [6, 6.07) is -9.28. The van der Waals surface area contributed by atoms with Gasteiger partial charge in [0.05, 0.1) is 43.5 Å². The Morgan fingerprint density at radius 1 is 0.797 bits per heavy atom. The van der Waals surface area contributed by atoms with Crippen LogP contribution in [0.3, 0.4) is 0 Å². The van der Waals surface area contributed by atoms with Gasteiger partial charge in [0.25, 0.3) is 0 Å². The summed E-state index contributed by atoms with van der Waals surface area (Å²) in [5, 5.41) is 35.0. The van der Waals surface area contributed by atoms with E-state index in [1.807, 2.05) is 0 Å². The number of aliphatic carboxylic acids is 1. The van der Waals surface area contributed by atoms with E-state index in [0.717, 1.165) is 4.90 Å². The predicted molar refractivity (Wildman–Crippen MR) is 268 cm³/mol. The molecule has 1 fully saturated rings. The molecule has 1 aromatic heterocycles. The molecule has 23 N–H and O–H groups in total. The lowest BCUT2D eigenvalue weighted by Crippen LogP contribution is -2.60. The number of aromatic amines is 1. The van der Waals surface area contributed by atoms with Crippen molar-refractivity contribution in [2.24, 2.45) is 51.0 Å². The van der Waals surface area contributed by atoms with Crippen molar-refractivity contribution in [3.63, 3.8) is 0 Å². The van der Waals surface area contributed by atoms with Crippen molar-refractivity contribution in [3.8, 4) is 0 Å². The maximum atomic E-state index is 15.3. The topological polar surface area (TPSA) is 493 Å². The number of carboxylic acids is 1. The number of unbranched alkanes of at least 4 members (excludes halogenated alkanes) is 2. The summed E-state index contributed by atoms with van der Waals surface area (Å²) in [5.74, 6) is -8.68. The molecule has 1 aliphatic heterocycles. The third-order valence-electron chi connectivity index (χ3n) is 12.2. The number of carboxylic acid groups (broad SMARTS) is 1. The quantitative estimate of drug-likeness (QED) is 0.0168. The number of ketones is 1. The van der Waals surface area contributed by atoms with Crippen LogP contribution >= 0.6 is 0 Å². The average Bonchev–Trinajstić information content (AvgIpc) is 4.03. The monoisotopic (exact) mass is 1050 g/mol. The highest BCUT2D eigenvalue weighted by molar-refractivity contribution is 5.97. The highest BCUT2D eigenvalue weighted by Crippen LogP contribution is 2.23. The van der Waals surface area contributed by atoms with E-state index in [2.05, 4.69) is 46.9 Å². The molecule has 74 heavy (non-hydrogen) atoms. The number of imidazole rings is 1. The molecular formula is C45H80FN17O11. The van der Waals surface area contributed by atoms with E-state index in [1.54, 1.807) is 0 Å². The first-order valence-corrected chi connectivity index (χ1v) is 24.9. The van der Waals surface area contributed by atoms with E-state index in [-0.39, 0.29) is 70.4 Å². The van der Waals surface area contributed by atoms with Crippen LogP contribution in [0.1, 0.15) is 96.1 Å². The van der Waals surface area contributed by atoms with Gasteiger partial charge < -0.3 is 92.1 Å². The number of aromatic nitrogens is 2. The molecule has 1 unspecified atom stereocenters. The van der Waals surface area contributed by atoms with Crippen molar-refractivity contribution in [3.05, 3.63) is 18.2 Å². The molecule has 29 heteroatoms. The van der Waals surface area contributed by atoms with Gasteiger partial charge in [-0.25, -0.2) is 9.37 Å². The molecule has 0 aliphatic carbocycles. The lowest BCUT2D eigenvalue weighted by atomic mass is 9.93. The van der Waals surface area contributed by atoms with Gasteiger partial charge in [0, 0.05) is 44.2 Å². The number of guanidine groups is 1. The van der Waals surface area contributed by atoms with Gasteiger partial charge in [0.1, 0.15) is 36.4 Å². The molecule has 2 rings (SSSR count). The van der Waals surface area contributed by atoms with Crippen LogP contribution in [-0.4, -0.2) is 185 Å². The second-order valence-corrected chi connectivity index (χ2v) is 18.2. The Kier molecular flexibility index (Phi) is 29.4. The van der Waals surface area contributed by atoms with Gasteiger partial charge in [-0.1, -0.05) is 6.42 Å². The Morgan fingerprint density at radius 2 is 1.46 bits per heavy atom. The van der Waals surface area contributed by atoms with Crippen LogP contribution in [0, 0.1) is 5.92 Å². The molecule has 28 nitrogen and oxygen atoms in total. The van der Waals surface area contributed by atoms with E-state index in [4.69, 9.17) is 40.1 Å². The Bertz CT molecular complexity index is 2000. The third-order valence-corrected chi connectivity index (χ3v) is 12.2. The minimum absolute atomic E-state index is 0.0385. The zero-order valence-electron chi connectivity index (χ0n) is 42.1. The number of alkyl halides is 1. The van der Waals surface area contributed by atoms with Crippen molar-refractivity contribution >= 4 is 59.1 Å². The molecule has 7 amide bonds. The number of H-pyrrole nitrogens is 1. The van der Waals surface area contributed by atoms with Gasteiger partial charge in [-0.2, -0.15) is 0 Å². The fourth-order valence-electron chi connectivity index (χ4n) is 7.96. The molecule has 418 valence electrons. The van der Waals surface area contributed by atoms with Crippen LogP contribution in [0.4, 0.5) is 4.39 Å². The molecule has 0 aromatic carbocycles. The summed E-state index contributed by atoms with van der Waals surface area (Å²) < 4.78 is 15.3. The molecule has 0 spiro atoms. The molecule has 1 aliphatic rings. The van der Waals surface area contributed by atoms with Crippen LogP contribution < -0.4 is 72.0 Å². The highest BCUT2D eigenvalue weighted by Gasteiger charge is 2.43. The second-order valence-electron chi connectivity index (χ2n) is 18.2. The predicted octanol–water partition coefficient (Wildman–Crippen LogP) is -5.80. The first kappa shape index (κ1) is 63.7. The Hall–Kier alpha value is -6.40. The number of rotatable bonds is 37. The third kappa shape index (κ3) is 22.8. The number of nitrogens with zero attached hydrogens (tertiary/aromatic N) is 3. The molecule has 0 radical (unpaired) electrons. The zero-order valence-corrected chi connectivity index (χ0v) is 42.1. The smallest absolute Gasteiger partial charge is 0.306 e. The van der Waals surface area contributed by atoms with E-state index in [0.29, 0.717) is 50.9 Å². The first-order valence-electron chi connectivity index (χ1n) is 24.9. The number of carbonyl (C=O) groups excluding carboxylic acids is 8. The SMILES string of the molecule is C[C@H](NC(=O)[C@@H](NC(=O)[C@@H](N)CCCCN)[C@@H](O)CN)C(=O)NCC(=O)N[C@H](CCCN)C(=O)N1C[C@H](F)C[C@H]1C(=O)N[C@@H](Cc1cnc[nH]1)C(=O)N[C@@H](CCCCN)C(=O)CCC(CCCN=C(N)N)C(=O)O. The number of amides is 7. The summed E-state index contributed by atoms with van der Waals surface area (Å²) in [6.45, 7) is 0.520. The van der Waals surface area contributed by atoms with Crippen molar-refractivity contribution < 1.29 is 57.8 Å². The maximum absolute atomic E-state index is 15.3. The fraction of sp³-hybridized carbons (Fsp3) is 0.711. The lowest BCUT2D eigenvalue weighted by Gasteiger charge is -2.30. The van der Waals surface area contributed by atoms with Crippen LogP contribution in [0.2, 0.25) is 0 Å². The Morgan fingerprint density at radius 3 is 2.07 bits per heavy atom. The number of aliphatic hydroxyl groups is 1. The number of hydrogen-bond donors (Lipinski definition) is 16. The highest BCUT2D eigenvalue weighted by atomic mass is 19.1. The number of halogens is 1. The number of likely N-dealkylation sites (tertiary alicyclic amines) is 1. The van der Waals surface area contributed by atoms with Crippen molar-refractivity contribution in [1.82, 2.24) is 46.8 Å². The summed E-state index contributed by atoms with van der Waals surface area (Å²) in [4.78, 5) is 132. The van der Waals surface area contributed by atoms with Crippen molar-refractivity contribution in [1.29, 1.82) is 0 Å². The molecule has 10 atom stereocenters. The summed E-state index contributed by atoms with van der Waals surface area (Å²) in [5.41, 5.74) is 39.5. The lowest BCUT2D eigenvalue weighted by molar-refractivity contribution is -0.143. The maximum Gasteiger partial charge on any atom is 0.306 e. The van der Waals surface area contributed by atoms with E-state index in [9.17, 15) is 53.4 Å². The number of carbonyl (C=O) groups is 9. The van der Waals surface area contributed by atoms with Crippen molar-refractivity contribution in [2.75, 3.05) is 45.8 Å². The van der Waals surface area contributed by atoms with Gasteiger partial charge in [-0.3, -0.25) is 48.1 Å². The normalized spacial score (nSPS) is 17.5. The van der Waals surface area contributed by atoms with E-state index < -0.39 is 140 Å². The molecule has 0 saturated carbocycles.